The van der Waals surface area contributed by atoms with E-state index in [-0.39, 0.29) is 11.8 Å². The summed E-state index contributed by atoms with van der Waals surface area (Å²) in [5.74, 6) is -0.0193. The molecule has 1 N–H and O–H groups in total. The first-order valence-corrected chi connectivity index (χ1v) is 7.80. The standard InChI is InChI=1S/C18H19ClN2O3/c1-12(24-16-10-5-4-9-15(16)19)17(22)20-14-8-6-7-13(11-14)18(23)21(2)3/h4-12H,1-3H3,(H,20,22). The molecule has 0 aliphatic heterocycles. The van der Waals surface area contributed by atoms with Crippen LogP contribution in [0.3, 0.4) is 0 Å². The van der Waals surface area contributed by atoms with Crippen LogP contribution < -0.4 is 10.1 Å². The van der Waals surface area contributed by atoms with Crippen molar-refractivity contribution in [3.05, 3.63) is 59.1 Å². The van der Waals surface area contributed by atoms with E-state index < -0.39 is 6.10 Å². The zero-order valence-corrected chi connectivity index (χ0v) is 14.5. The summed E-state index contributed by atoms with van der Waals surface area (Å²) in [5, 5.41) is 3.18. The summed E-state index contributed by atoms with van der Waals surface area (Å²) in [5.41, 5.74) is 1.03. The minimum atomic E-state index is -0.738. The molecule has 0 spiro atoms. The summed E-state index contributed by atoms with van der Waals surface area (Å²) in [7, 11) is 3.35. The fourth-order valence-corrected chi connectivity index (χ4v) is 2.20. The van der Waals surface area contributed by atoms with Gasteiger partial charge in [-0.3, -0.25) is 9.59 Å². The van der Waals surface area contributed by atoms with Crippen molar-refractivity contribution >= 4 is 29.1 Å². The first kappa shape index (κ1) is 17.8. The quantitative estimate of drug-likeness (QED) is 0.902. The normalized spacial score (nSPS) is 11.5. The van der Waals surface area contributed by atoms with Crippen LogP contribution in [0.15, 0.2) is 48.5 Å². The van der Waals surface area contributed by atoms with E-state index in [1.807, 2.05) is 0 Å². The second kappa shape index (κ2) is 7.84. The van der Waals surface area contributed by atoms with E-state index in [4.69, 9.17) is 16.3 Å². The van der Waals surface area contributed by atoms with Crippen LogP contribution >= 0.6 is 11.6 Å². The predicted octanol–water partition coefficient (Wildman–Crippen LogP) is 3.45. The second-order valence-electron chi connectivity index (χ2n) is 5.46. The molecule has 0 aliphatic carbocycles. The number of rotatable bonds is 5. The lowest BCUT2D eigenvalue weighted by molar-refractivity contribution is -0.122. The molecule has 0 bridgehead atoms. The molecule has 5 nitrogen and oxygen atoms in total. The van der Waals surface area contributed by atoms with Crippen LogP contribution in [0.25, 0.3) is 0 Å². The minimum Gasteiger partial charge on any atom is -0.479 e. The molecule has 0 saturated carbocycles. The van der Waals surface area contributed by atoms with Gasteiger partial charge in [-0.05, 0) is 37.3 Å². The molecule has 2 aromatic rings. The Bertz CT molecular complexity index is 747. The van der Waals surface area contributed by atoms with Gasteiger partial charge in [-0.25, -0.2) is 0 Å². The summed E-state index contributed by atoms with van der Waals surface area (Å²) in [4.78, 5) is 25.7. The molecule has 24 heavy (non-hydrogen) atoms. The zero-order valence-electron chi connectivity index (χ0n) is 13.7. The topological polar surface area (TPSA) is 58.6 Å². The third-order valence-corrected chi connectivity index (χ3v) is 3.61. The highest BCUT2D eigenvalue weighted by atomic mass is 35.5. The van der Waals surface area contributed by atoms with Gasteiger partial charge in [0.1, 0.15) is 5.75 Å². The Balaban J connectivity index is 2.05. The molecular formula is C18H19ClN2O3. The van der Waals surface area contributed by atoms with E-state index in [0.29, 0.717) is 22.0 Å². The van der Waals surface area contributed by atoms with Crippen LogP contribution in [0.4, 0.5) is 5.69 Å². The monoisotopic (exact) mass is 346 g/mol. The lowest BCUT2D eigenvalue weighted by Crippen LogP contribution is -2.30. The van der Waals surface area contributed by atoms with Crippen LogP contribution in [-0.2, 0) is 4.79 Å². The lowest BCUT2D eigenvalue weighted by atomic mass is 10.1. The number of carbonyl (C=O) groups is 2. The van der Waals surface area contributed by atoms with Gasteiger partial charge in [-0.15, -0.1) is 0 Å². The average molecular weight is 347 g/mol. The minimum absolute atomic E-state index is 0.133. The van der Waals surface area contributed by atoms with E-state index >= 15 is 0 Å². The number of para-hydroxylation sites is 1. The number of anilines is 1. The van der Waals surface area contributed by atoms with Crippen LogP contribution in [-0.4, -0.2) is 36.9 Å². The van der Waals surface area contributed by atoms with Gasteiger partial charge < -0.3 is 15.0 Å². The van der Waals surface area contributed by atoms with Crippen LogP contribution in [0.1, 0.15) is 17.3 Å². The first-order valence-electron chi connectivity index (χ1n) is 7.42. The first-order chi connectivity index (χ1) is 11.4. The largest absolute Gasteiger partial charge is 0.479 e. The van der Waals surface area contributed by atoms with Crippen LogP contribution in [0.5, 0.6) is 5.75 Å². The van der Waals surface area contributed by atoms with Crippen molar-refractivity contribution in [3.63, 3.8) is 0 Å². The third kappa shape index (κ3) is 4.49. The average Bonchev–Trinajstić information content (AvgIpc) is 2.56. The molecule has 1 atom stereocenters. The fourth-order valence-electron chi connectivity index (χ4n) is 2.02. The number of hydrogen-bond acceptors (Lipinski definition) is 3. The van der Waals surface area contributed by atoms with E-state index in [9.17, 15) is 9.59 Å². The van der Waals surface area contributed by atoms with Gasteiger partial charge in [-0.1, -0.05) is 29.8 Å². The highest BCUT2D eigenvalue weighted by Crippen LogP contribution is 2.24. The zero-order chi connectivity index (χ0) is 17.7. The molecule has 2 aromatic carbocycles. The van der Waals surface area contributed by atoms with Crippen molar-refractivity contribution < 1.29 is 14.3 Å². The van der Waals surface area contributed by atoms with Gasteiger partial charge in [0, 0.05) is 25.3 Å². The molecule has 2 rings (SSSR count). The highest BCUT2D eigenvalue weighted by molar-refractivity contribution is 6.32. The molecule has 1 unspecified atom stereocenters. The van der Waals surface area contributed by atoms with Crippen LogP contribution in [0.2, 0.25) is 5.02 Å². The number of nitrogens with zero attached hydrogens (tertiary/aromatic N) is 1. The second-order valence-corrected chi connectivity index (χ2v) is 5.87. The maximum Gasteiger partial charge on any atom is 0.265 e. The maximum absolute atomic E-state index is 12.3. The van der Waals surface area contributed by atoms with Crippen LogP contribution in [0, 0.1) is 0 Å². The summed E-state index contributed by atoms with van der Waals surface area (Å²) in [6.45, 7) is 1.63. The smallest absolute Gasteiger partial charge is 0.265 e. The number of amides is 2. The van der Waals surface area contributed by atoms with E-state index in [1.54, 1.807) is 69.6 Å². The SMILES string of the molecule is CC(Oc1ccccc1Cl)C(=O)Nc1cccc(C(=O)N(C)C)c1. The molecule has 0 radical (unpaired) electrons. The van der Waals surface area contributed by atoms with Gasteiger partial charge in [-0.2, -0.15) is 0 Å². The van der Waals surface area contributed by atoms with Crippen molar-refractivity contribution in [3.8, 4) is 5.75 Å². The van der Waals surface area contributed by atoms with Crippen molar-refractivity contribution in [2.24, 2.45) is 0 Å². The Labute approximate surface area is 146 Å². The van der Waals surface area contributed by atoms with Crippen molar-refractivity contribution in [1.82, 2.24) is 4.90 Å². The van der Waals surface area contributed by atoms with Gasteiger partial charge >= 0.3 is 0 Å². The molecule has 0 fully saturated rings. The van der Waals surface area contributed by atoms with Gasteiger partial charge in [0.2, 0.25) is 0 Å². The number of benzene rings is 2. The Morgan fingerprint density at radius 1 is 1.12 bits per heavy atom. The fraction of sp³-hybridized carbons (Fsp3) is 0.222. The molecule has 0 saturated heterocycles. The molecule has 6 heteroatoms. The van der Waals surface area contributed by atoms with E-state index in [1.165, 1.54) is 4.90 Å². The maximum atomic E-state index is 12.3. The molecule has 0 aliphatic rings. The van der Waals surface area contributed by atoms with Gasteiger partial charge in [0.25, 0.3) is 11.8 Å². The third-order valence-electron chi connectivity index (χ3n) is 3.29. The number of ether oxygens (including phenoxy) is 1. The molecule has 0 heterocycles. The molecular weight excluding hydrogens is 328 g/mol. The lowest BCUT2D eigenvalue weighted by Gasteiger charge is -2.16. The van der Waals surface area contributed by atoms with Gasteiger partial charge in [0.05, 0.1) is 5.02 Å². The summed E-state index contributed by atoms with van der Waals surface area (Å²) in [6, 6.07) is 13.7. The molecule has 0 aromatic heterocycles. The van der Waals surface area contributed by atoms with Crippen molar-refractivity contribution in [2.75, 3.05) is 19.4 Å². The number of halogens is 1. The Morgan fingerprint density at radius 2 is 1.83 bits per heavy atom. The number of carbonyl (C=O) groups excluding carboxylic acids is 2. The highest BCUT2D eigenvalue weighted by Gasteiger charge is 2.17. The summed E-state index contributed by atoms with van der Waals surface area (Å²) in [6.07, 6.45) is -0.738. The Hall–Kier alpha value is -2.53. The van der Waals surface area contributed by atoms with Crippen molar-refractivity contribution in [1.29, 1.82) is 0 Å². The van der Waals surface area contributed by atoms with Gasteiger partial charge in [0.15, 0.2) is 6.10 Å². The number of hydrogen-bond donors (Lipinski definition) is 1. The summed E-state index contributed by atoms with van der Waals surface area (Å²) >= 11 is 6.02. The molecule has 126 valence electrons. The van der Waals surface area contributed by atoms with E-state index in [2.05, 4.69) is 5.32 Å². The predicted molar refractivity (Wildman–Crippen MR) is 94.6 cm³/mol. The molecule has 2 amide bonds. The van der Waals surface area contributed by atoms with Crippen molar-refractivity contribution in [2.45, 2.75) is 13.0 Å². The van der Waals surface area contributed by atoms with E-state index in [0.717, 1.165) is 0 Å². The number of nitrogens with one attached hydrogen (secondary N) is 1. The Morgan fingerprint density at radius 3 is 2.50 bits per heavy atom. The summed E-state index contributed by atoms with van der Waals surface area (Å²) < 4.78 is 5.58. The Kier molecular flexibility index (Phi) is 5.82.